The summed E-state index contributed by atoms with van der Waals surface area (Å²) in [4.78, 5) is 20.6. The van der Waals surface area contributed by atoms with Crippen molar-refractivity contribution in [3.8, 4) is 0 Å². The number of nitrogens with zero attached hydrogens (tertiary/aromatic N) is 3. The van der Waals surface area contributed by atoms with Crippen molar-refractivity contribution in [2.24, 2.45) is 0 Å². The zero-order chi connectivity index (χ0) is 15.5. The average Bonchev–Trinajstić information content (AvgIpc) is 2.46. The van der Waals surface area contributed by atoms with Gasteiger partial charge in [-0.25, -0.2) is 4.98 Å². The van der Waals surface area contributed by atoms with Crippen LogP contribution in [0.15, 0.2) is 18.3 Å². The molecule has 0 saturated carbocycles. The number of amides is 1. The van der Waals surface area contributed by atoms with E-state index in [4.69, 9.17) is 0 Å². The number of pyridine rings is 1. The van der Waals surface area contributed by atoms with Gasteiger partial charge in [-0.3, -0.25) is 9.69 Å². The average molecular weight is 292 g/mol. The van der Waals surface area contributed by atoms with Gasteiger partial charge in [0.25, 0.3) is 5.91 Å². The maximum Gasteiger partial charge on any atom is 0.272 e. The molecular weight excluding hydrogens is 268 g/mol. The van der Waals surface area contributed by atoms with Gasteiger partial charge in [-0.1, -0.05) is 0 Å². The van der Waals surface area contributed by atoms with Crippen molar-refractivity contribution >= 4 is 11.6 Å². The first kappa shape index (κ1) is 15.7. The van der Waals surface area contributed by atoms with E-state index in [9.17, 15) is 9.90 Å². The van der Waals surface area contributed by atoms with Gasteiger partial charge in [0.15, 0.2) is 0 Å². The van der Waals surface area contributed by atoms with Crippen molar-refractivity contribution in [2.45, 2.75) is 19.4 Å². The summed E-state index contributed by atoms with van der Waals surface area (Å²) in [7, 11) is 1.82. The number of carbonyl (C=O) groups is 1. The molecule has 1 aliphatic rings. The van der Waals surface area contributed by atoms with Crippen LogP contribution in [-0.4, -0.2) is 71.2 Å². The molecule has 2 heterocycles. The zero-order valence-corrected chi connectivity index (χ0v) is 13.0. The van der Waals surface area contributed by atoms with Crippen LogP contribution in [0.25, 0.3) is 0 Å². The molecule has 0 aromatic carbocycles. The molecule has 1 aromatic rings. The number of hydrogen-bond donors (Lipinski definition) is 2. The van der Waals surface area contributed by atoms with Crippen molar-refractivity contribution in [1.82, 2.24) is 14.8 Å². The monoisotopic (exact) mass is 292 g/mol. The fourth-order valence-corrected chi connectivity index (χ4v) is 2.49. The second-order valence-corrected chi connectivity index (χ2v) is 6.06. The first-order valence-corrected chi connectivity index (χ1v) is 7.27. The van der Waals surface area contributed by atoms with E-state index in [1.807, 2.05) is 18.0 Å². The van der Waals surface area contributed by atoms with Gasteiger partial charge in [-0.05, 0) is 26.0 Å². The predicted octanol–water partition coefficient (Wildman–Crippen LogP) is 0.652. The number of anilines is 1. The molecule has 0 radical (unpaired) electrons. The first-order chi connectivity index (χ1) is 9.89. The highest BCUT2D eigenvalue weighted by atomic mass is 16.3. The van der Waals surface area contributed by atoms with Crippen molar-refractivity contribution in [3.63, 3.8) is 0 Å². The minimum absolute atomic E-state index is 0.0273. The lowest BCUT2D eigenvalue weighted by molar-refractivity contribution is 0.0177. The van der Waals surface area contributed by atoms with Crippen LogP contribution in [0.5, 0.6) is 0 Å². The molecular formula is C15H24N4O2. The number of piperazine rings is 1. The van der Waals surface area contributed by atoms with Gasteiger partial charge in [-0.2, -0.15) is 0 Å². The normalized spacial score (nSPS) is 16.9. The third kappa shape index (κ3) is 4.41. The van der Waals surface area contributed by atoms with Gasteiger partial charge in [0.05, 0.1) is 17.5 Å². The molecule has 6 heteroatoms. The van der Waals surface area contributed by atoms with Crippen LogP contribution < -0.4 is 5.32 Å². The Morgan fingerprint density at radius 2 is 2.00 bits per heavy atom. The summed E-state index contributed by atoms with van der Waals surface area (Å²) < 4.78 is 0. The molecule has 0 spiro atoms. The highest BCUT2D eigenvalue weighted by Crippen LogP contribution is 2.12. The molecule has 1 aromatic heterocycles. The van der Waals surface area contributed by atoms with Gasteiger partial charge in [0, 0.05) is 39.8 Å². The van der Waals surface area contributed by atoms with Crippen molar-refractivity contribution < 1.29 is 9.90 Å². The Kier molecular flexibility index (Phi) is 4.80. The molecule has 0 aliphatic carbocycles. The Bertz CT molecular complexity index is 473. The molecule has 2 N–H and O–H groups in total. The van der Waals surface area contributed by atoms with Crippen LogP contribution in [0.4, 0.5) is 5.69 Å². The molecule has 2 rings (SSSR count). The summed E-state index contributed by atoms with van der Waals surface area (Å²) >= 11 is 0. The number of carbonyl (C=O) groups excluding carboxylic acids is 1. The molecule has 1 aliphatic heterocycles. The SMILES string of the molecule is CNc1ccc(C(=O)N2CCN(CC(C)(C)O)CC2)nc1. The van der Waals surface area contributed by atoms with E-state index in [-0.39, 0.29) is 5.91 Å². The maximum absolute atomic E-state index is 12.4. The van der Waals surface area contributed by atoms with Crippen LogP contribution in [0.3, 0.4) is 0 Å². The minimum Gasteiger partial charge on any atom is -0.389 e. The van der Waals surface area contributed by atoms with E-state index in [0.29, 0.717) is 25.3 Å². The van der Waals surface area contributed by atoms with Gasteiger partial charge in [0.1, 0.15) is 5.69 Å². The maximum atomic E-state index is 12.4. The largest absolute Gasteiger partial charge is 0.389 e. The van der Waals surface area contributed by atoms with Crippen molar-refractivity contribution in [2.75, 3.05) is 45.1 Å². The number of aromatic nitrogens is 1. The lowest BCUT2D eigenvalue weighted by Gasteiger charge is -2.37. The lowest BCUT2D eigenvalue weighted by atomic mass is 10.1. The van der Waals surface area contributed by atoms with Crippen molar-refractivity contribution in [3.05, 3.63) is 24.0 Å². The summed E-state index contributed by atoms with van der Waals surface area (Å²) in [6, 6.07) is 3.60. The van der Waals surface area contributed by atoms with Gasteiger partial charge >= 0.3 is 0 Å². The van der Waals surface area contributed by atoms with E-state index in [1.54, 1.807) is 26.1 Å². The molecule has 116 valence electrons. The first-order valence-electron chi connectivity index (χ1n) is 7.27. The smallest absolute Gasteiger partial charge is 0.272 e. The van der Waals surface area contributed by atoms with Gasteiger partial charge in [0.2, 0.25) is 0 Å². The topological polar surface area (TPSA) is 68.7 Å². The third-order valence-electron chi connectivity index (χ3n) is 3.54. The second-order valence-electron chi connectivity index (χ2n) is 6.06. The van der Waals surface area contributed by atoms with Crippen molar-refractivity contribution in [1.29, 1.82) is 0 Å². The van der Waals surface area contributed by atoms with Crippen LogP contribution in [0, 0.1) is 0 Å². The van der Waals surface area contributed by atoms with Gasteiger partial charge < -0.3 is 15.3 Å². The van der Waals surface area contributed by atoms with E-state index >= 15 is 0 Å². The summed E-state index contributed by atoms with van der Waals surface area (Å²) in [5.41, 5.74) is 0.669. The van der Waals surface area contributed by atoms with Crippen LogP contribution in [0.1, 0.15) is 24.3 Å². The van der Waals surface area contributed by atoms with E-state index in [2.05, 4.69) is 15.2 Å². The third-order valence-corrected chi connectivity index (χ3v) is 3.54. The summed E-state index contributed by atoms with van der Waals surface area (Å²) in [6.45, 7) is 7.14. The predicted molar refractivity (Wildman–Crippen MR) is 82.4 cm³/mol. The van der Waals surface area contributed by atoms with Crippen LogP contribution in [0.2, 0.25) is 0 Å². The Morgan fingerprint density at radius 1 is 1.33 bits per heavy atom. The number of hydrogen-bond acceptors (Lipinski definition) is 5. The molecule has 21 heavy (non-hydrogen) atoms. The number of nitrogens with one attached hydrogen (secondary N) is 1. The molecule has 0 atom stereocenters. The quantitative estimate of drug-likeness (QED) is 0.853. The molecule has 6 nitrogen and oxygen atoms in total. The van der Waals surface area contributed by atoms with E-state index < -0.39 is 5.60 Å². The second kappa shape index (κ2) is 6.41. The fraction of sp³-hybridized carbons (Fsp3) is 0.600. The zero-order valence-electron chi connectivity index (χ0n) is 13.0. The summed E-state index contributed by atoms with van der Waals surface area (Å²) in [6.07, 6.45) is 1.66. The van der Waals surface area contributed by atoms with E-state index in [0.717, 1.165) is 18.8 Å². The molecule has 0 unspecified atom stereocenters. The Morgan fingerprint density at radius 3 is 2.48 bits per heavy atom. The lowest BCUT2D eigenvalue weighted by Crippen LogP contribution is -2.52. The molecule has 1 saturated heterocycles. The number of rotatable bonds is 4. The van der Waals surface area contributed by atoms with Gasteiger partial charge in [-0.15, -0.1) is 0 Å². The highest BCUT2D eigenvalue weighted by Gasteiger charge is 2.25. The summed E-state index contributed by atoms with van der Waals surface area (Å²) in [5, 5.41) is 12.8. The fourth-order valence-electron chi connectivity index (χ4n) is 2.49. The molecule has 1 fully saturated rings. The molecule has 0 bridgehead atoms. The number of β-amino-alcohol motifs (C(OH)–C–C–N with tert-alkyl or cyclic N) is 1. The van der Waals surface area contributed by atoms with Crippen LogP contribution in [-0.2, 0) is 0 Å². The van der Waals surface area contributed by atoms with Crippen LogP contribution >= 0.6 is 0 Å². The Balaban J connectivity index is 1.90. The highest BCUT2D eigenvalue weighted by molar-refractivity contribution is 5.92. The van der Waals surface area contributed by atoms with E-state index in [1.165, 1.54) is 0 Å². The Hall–Kier alpha value is -1.66. The Labute approximate surface area is 125 Å². The summed E-state index contributed by atoms with van der Waals surface area (Å²) in [5.74, 6) is -0.0273. The standard InChI is InChI=1S/C15H24N4O2/c1-15(2,21)11-18-6-8-19(9-7-18)14(20)13-5-4-12(16-3)10-17-13/h4-5,10,16,21H,6-9,11H2,1-3H3. The number of aliphatic hydroxyl groups is 1. The molecule has 1 amide bonds. The minimum atomic E-state index is -0.698.